The Morgan fingerprint density at radius 2 is 1.95 bits per heavy atom. The highest BCUT2D eigenvalue weighted by molar-refractivity contribution is 7.89. The van der Waals surface area contributed by atoms with Gasteiger partial charge >= 0.3 is 6.18 Å². The van der Waals surface area contributed by atoms with Crippen LogP contribution in [0.3, 0.4) is 0 Å². The lowest BCUT2D eigenvalue weighted by Crippen LogP contribution is -2.50. The maximum atomic E-state index is 15.0. The lowest BCUT2D eigenvalue weighted by Gasteiger charge is -2.34. The number of hydrogen-bond donors (Lipinski definition) is 2. The molecule has 1 aliphatic heterocycles. The highest BCUT2D eigenvalue weighted by Gasteiger charge is 2.38. The Balaban J connectivity index is 1.54. The van der Waals surface area contributed by atoms with Gasteiger partial charge in [0, 0.05) is 45.1 Å². The van der Waals surface area contributed by atoms with Gasteiger partial charge in [0.25, 0.3) is 0 Å². The number of rotatable bonds is 7. The van der Waals surface area contributed by atoms with E-state index in [1.54, 1.807) is 20.9 Å². The van der Waals surface area contributed by atoms with E-state index >= 15 is 4.39 Å². The second-order valence-corrected chi connectivity index (χ2v) is 12.4. The molecule has 37 heavy (non-hydrogen) atoms. The first-order valence-electron chi connectivity index (χ1n) is 11.1. The van der Waals surface area contributed by atoms with Gasteiger partial charge in [-0.1, -0.05) is 0 Å². The molecule has 2 atom stereocenters. The Morgan fingerprint density at radius 1 is 1.22 bits per heavy atom. The molecule has 0 amide bonds. The zero-order valence-electron chi connectivity index (χ0n) is 20.1. The minimum absolute atomic E-state index is 0.0159. The normalized spacial score (nSPS) is 19.8. The molecular weight excluding hydrogens is 538 g/mol. The third kappa shape index (κ3) is 6.25. The van der Waals surface area contributed by atoms with Gasteiger partial charge in [-0.05, 0) is 20.3 Å². The molecule has 0 aliphatic carbocycles. The summed E-state index contributed by atoms with van der Waals surface area (Å²) in [7, 11) is -2.38. The molecule has 1 aliphatic rings. The van der Waals surface area contributed by atoms with E-state index in [1.165, 1.54) is 23.3 Å². The van der Waals surface area contributed by atoms with Crippen molar-refractivity contribution in [2.45, 2.75) is 55.6 Å². The number of piperidine rings is 1. The molecule has 1 fully saturated rings. The average molecular weight is 564 g/mol. The maximum Gasteiger partial charge on any atom is 0.420 e. The second kappa shape index (κ2) is 9.89. The topological polar surface area (TPSA) is 126 Å². The lowest BCUT2D eigenvalue weighted by atomic mass is 10.1. The van der Waals surface area contributed by atoms with E-state index in [0.29, 0.717) is 11.2 Å². The molecule has 202 valence electrons. The molecule has 1 saturated heterocycles. The summed E-state index contributed by atoms with van der Waals surface area (Å²) in [5.74, 6) is -0.225. The zero-order chi connectivity index (χ0) is 27.2. The summed E-state index contributed by atoms with van der Waals surface area (Å²) < 4.78 is 83.9. The fourth-order valence-electron chi connectivity index (χ4n) is 3.82. The van der Waals surface area contributed by atoms with Crippen LogP contribution in [0.25, 0.3) is 10.6 Å². The Morgan fingerprint density at radius 3 is 2.54 bits per heavy atom. The average Bonchev–Trinajstić information content (AvgIpc) is 3.42. The van der Waals surface area contributed by atoms with Crippen molar-refractivity contribution in [3.63, 3.8) is 0 Å². The molecule has 10 nitrogen and oxygen atoms in total. The van der Waals surface area contributed by atoms with Crippen molar-refractivity contribution in [1.29, 1.82) is 0 Å². The van der Waals surface area contributed by atoms with E-state index in [4.69, 9.17) is 0 Å². The number of thiazole rings is 1. The van der Waals surface area contributed by atoms with E-state index in [-0.39, 0.29) is 35.1 Å². The SMILES string of the molecule is Cn1cc(S(=O)(=O)N2CC[C@H](Nc3ncc(C(F)(F)F)c(-c4cnc(CC(C)(C)O)s4)n3)[C@H](F)C2)cn1. The van der Waals surface area contributed by atoms with Crippen molar-refractivity contribution in [2.75, 3.05) is 18.4 Å². The number of aromatic nitrogens is 5. The van der Waals surface area contributed by atoms with Crippen LogP contribution in [0.1, 0.15) is 30.8 Å². The second-order valence-electron chi connectivity index (χ2n) is 9.33. The number of alkyl halides is 4. The predicted molar refractivity (Wildman–Crippen MR) is 127 cm³/mol. The van der Waals surface area contributed by atoms with Gasteiger partial charge in [0.2, 0.25) is 16.0 Å². The third-order valence-electron chi connectivity index (χ3n) is 5.60. The molecule has 0 spiro atoms. The summed E-state index contributed by atoms with van der Waals surface area (Å²) in [6.45, 7) is 2.65. The van der Waals surface area contributed by atoms with E-state index in [0.717, 1.165) is 15.6 Å². The summed E-state index contributed by atoms with van der Waals surface area (Å²) in [6, 6.07) is -0.919. The van der Waals surface area contributed by atoms with Crippen LogP contribution in [0.2, 0.25) is 0 Å². The van der Waals surface area contributed by atoms with Crippen LogP contribution in [-0.2, 0) is 29.7 Å². The summed E-state index contributed by atoms with van der Waals surface area (Å²) in [4.78, 5) is 11.9. The van der Waals surface area contributed by atoms with E-state index in [1.807, 2.05) is 0 Å². The van der Waals surface area contributed by atoms with Gasteiger partial charge in [0.15, 0.2) is 0 Å². The molecular formula is C21H25F4N7O3S2. The van der Waals surface area contributed by atoms with Crippen molar-refractivity contribution < 1.29 is 31.1 Å². The zero-order valence-corrected chi connectivity index (χ0v) is 21.7. The third-order valence-corrected chi connectivity index (χ3v) is 8.42. The van der Waals surface area contributed by atoms with E-state index in [9.17, 15) is 26.7 Å². The first-order valence-corrected chi connectivity index (χ1v) is 13.4. The van der Waals surface area contributed by atoms with Crippen LogP contribution >= 0.6 is 11.3 Å². The first-order chi connectivity index (χ1) is 17.1. The monoisotopic (exact) mass is 563 g/mol. The van der Waals surface area contributed by atoms with E-state index < -0.39 is 51.8 Å². The van der Waals surface area contributed by atoms with Crippen LogP contribution in [0.4, 0.5) is 23.5 Å². The Hall–Kier alpha value is -2.69. The lowest BCUT2D eigenvalue weighted by molar-refractivity contribution is -0.137. The quantitative estimate of drug-likeness (QED) is 0.421. The Bertz CT molecular complexity index is 1370. The van der Waals surface area contributed by atoms with E-state index in [2.05, 4.69) is 25.4 Å². The molecule has 4 rings (SSSR count). The van der Waals surface area contributed by atoms with Crippen molar-refractivity contribution in [2.24, 2.45) is 7.05 Å². The van der Waals surface area contributed by atoms with Gasteiger partial charge in [0.05, 0.1) is 33.4 Å². The summed E-state index contributed by atoms with van der Waals surface area (Å²) in [5, 5.41) is 17.0. The number of hydrogen-bond acceptors (Lipinski definition) is 9. The van der Waals surface area contributed by atoms with Crippen LogP contribution in [-0.4, -0.2) is 73.5 Å². The molecule has 0 saturated carbocycles. The van der Waals surface area contributed by atoms with Gasteiger partial charge in [-0.15, -0.1) is 11.3 Å². The molecule has 0 radical (unpaired) electrons. The smallest absolute Gasteiger partial charge is 0.390 e. The minimum atomic E-state index is -4.75. The Labute approximate surface area is 214 Å². The van der Waals surface area contributed by atoms with Crippen LogP contribution in [0.5, 0.6) is 0 Å². The number of nitrogens with zero attached hydrogens (tertiary/aromatic N) is 6. The fourth-order valence-corrected chi connectivity index (χ4v) is 6.41. The van der Waals surface area contributed by atoms with Gasteiger partial charge < -0.3 is 10.4 Å². The highest BCUT2D eigenvalue weighted by Crippen LogP contribution is 2.38. The van der Waals surface area contributed by atoms with Gasteiger partial charge in [-0.2, -0.15) is 22.6 Å². The fraction of sp³-hybridized carbons (Fsp3) is 0.524. The van der Waals surface area contributed by atoms with Gasteiger partial charge in [-0.3, -0.25) is 4.68 Å². The van der Waals surface area contributed by atoms with Crippen molar-refractivity contribution in [3.8, 4) is 10.6 Å². The van der Waals surface area contributed by atoms with Crippen LogP contribution in [0, 0.1) is 0 Å². The number of aliphatic hydroxyl groups is 1. The number of nitrogens with one attached hydrogen (secondary N) is 1. The summed E-state index contributed by atoms with van der Waals surface area (Å²) in [5.41, 5.74) is -2.60. The maximum absolute atomic E-state index is 15.0. The molecule has 0 aromatic carbocycles. The van der Waals surface area contributed by atoms with Gasteiger partial charge in [-0.25, -0.2) is 27.8 Å². The number of sulfonamides is 1. The number of halogens is 4. The van der Waals surface area contributed by atoms with Crippen molar-refractivity contribution >= 4 is 27.3 Å². The predicted octanol–water partition coefficient (Wildman–Crippen LogP) is 2.88. The van der Waals surface area contributed by atoms with Crippen molar-refractivity contribution in [1.82, 2.24) is 29.0 Å². The number of anilines is 1. The molecule has 0 bridgehead atoms. The highest BCUT2D eigenvalue weighted by atomic mass is 32.2. The molecule has 16 heteroatoms. The molecule has 3 aromatic rings. The van der Waals surface area contributed by atoms with Gasteiger partial charge in [0.1, 0.15) is 16.6 Å². The minimum Gasteiger partial charge on any atom is -0.390 e. The Kier molecular flexibility index (Phi) is 7.31. The van der Waals surface area contributed by atoms with Crippen LogP contribution < -0.4 is 5.32 Å². The first kappa shape index (κ1) is 27.3. The van der Waals surface area contributed by atoms with Crippen LogP contribution in [0.15, 0.2) is 29.7 Å². The van der Waals surface area contributed by atoms with Crippen molar-refractivity contribution in [3.05, 3.63) is 35.4 Å². The summed E-state index contributed by atoms with van der Waals surface area (Å²) in [6.07, 6.45) is -1.88. The standard InChI is InChI=1S/C21H25F4N7O3S2/c1-20(2,33)6-17-26-9-16(36-17)18-13(21(23,24)25)8-27-19(30-18)29-15-4-5-32(11-14(15)22)37(34,35)12-7-28-31(3)10-12/h7-10,14-15,33H,4-6,11H2,1-3H3,(H,27,29,30)/t14-,15+/m1/s1. The summed E-state index contributed by atoms with van der Waals surface area (Å²) >= 11 is 0.958. The largest absolute Gasteiger partial charge is 0.420 e. The molecule has 0 unspecified atom stereocenters. The molecule has 2 N–H and O–H groups in total. The number of aryl methyl sites for hydroxylation is 1. The molecule has 4 heterocycles. The molecule has 3 aromatic heterocycles.